The Morgan fingerprint density at radius 1 is 1.37 bits per heavy atom. The summed E-state index contributed by atoms with van der Waals surface area (Å²) in [5, 5.41) is 0. The first kappa shape index (κ1) is 13.8. The van der Waals surface area contributed by atoms with E-state index in [1.165, 1.54) is 0 Å². The Hall–Kier alpha value is -1.65. The van der Waals surface area contributed by atoms with Crippen molar-refractivity contribution in [3.63, 3.8) is 0 Å². The summed E-state index contributed by atoms with van der Waals surface area (Å²) in [5.41, 5.74) is 1.38. The van der Waals surface area contributed by atoms with Gasteiger partial charge in [-0.2, -0.15) is 0 Å². The summed E-state index contributed by atoms with van der Waals surface area (Å²) in [6.45, 7) is 8.05. The number of hydrogen-bond donors (Lipinski definition) is 0. The van der Waals surface area contributed by atoms with Crippen LogP contribution in [0.25, 0.3) is 0 Å². The first-order chi connectivity index (χ1) is 9.21. The lowest BCUT2D eigenvalue weighted by Gasteiger charge is -2.19. The summed E-state index contributed by atoms with van der Waals surface area (Å²) in [6.07, 6.45) is 3.81. The predicted octanol–water partition coefficient (Wildman–Crippen LogP) is 2.38. The largest absolute Gasteiger partial charge is 0.462 e. The molecule has 0 aromatic carbocycles. The van der Waals surface area contributed by atoms with Crippen molar-refractivity contribution in [1.82, 2.24) is 9.97 Å². The fourth-order valence-corrected chi connectivity index (χ4v) is 2.08. The minimum atomic E-state index is -0.310. The lowest BCUT2D eigenvalue weighted by molar-refractivity contribution is 0.0524. The van der Waals surface area contributed by atoms with E-state index in [1.807, 2.05) is 0 Å². The van der Waals surface area contributed by atoms with Gasteiger partial charge in [0, 0.05) is 25.2 Å². The van der Waals surface area contributed by atoms with Crippen molar-refractivity contribution in [2.45, 2.75) is 39.5 Å². The number of carbonyl (C=O) groups excluding carboxylic acids is 1. The Morgan fingerprint density at radius 3 is 2.58 bits per heavy atom. The van der Waals surface area contributed by atoms with Crippen molar-refractivity contribution in [3.05, 3.63) is 17.5 Å². The van der Waals surface area contributed by atoms with Gasteiger partial charge in [0.15, 0.2) is 0 Å². The normalized spacial score (nSPS) is 14.3. The van der Waals surface area contributed by atoms with Gasteiger partial charge in [-0.15, -0.1) is 0 Å². The van der Waals surface area contributed by atoms with Crippen molar-refractivity contribution < 1.29 is 9.53 Å². The van der Waals surface area contributed by atoms with Crippen molar-refractivity contribution in [2.24, 2.45) is 0 Å². The van der Waals surface area contributed by atoms with E-state index in [4.69, 9.17) is 4.74 Å². The number of anilines is 1. The Balaban J connectivity index is 2.32. The number of carbonyl (C=O) groups is 1. The molecule has 104 valence electrons. The molecule has 1 aliphatic carbocycles. The van der Waals surface area contributed by atoms with Crippen molar-refractivity contribution >= 4 is 11.9 Å². The number of ether oxygens (including phenoxy) is 1. The molecule has 0 spiro atoms. The molecule has 1 aliphatic rings. The number of hydrogen-bond acceptors (Lipinski definition) is 5. The van der Waals surface area contributed by atoms with Crippen LogP contribution in [-0.2, 0) is 4.74 Å². The van der Waals surface area contributed by atoms with Crippen LogP contribution in [0, 0.1) is 0 Å². The van der Waals surface area contributed by atoms with Gasteiger partial charge in [0.25, 0.3) is 0 Å². The minimum absolute atomic E-state index is 0.310. The highest BCUT2D eigenvalue weighted by atomic mass is 16.5. The maximum atomic E-state index is 11.9. The van der Waals surface area contributed by atoms with Gasteiger partial charge in [-0.3, -0.25) is 0 Å². The van der Waals surface area contributed by atoms with Gasteiger partial charge < -0.3 is 9.64 Å². The molecule has 0 atom stereocenters. The van der Waals surface area contributed by atoms with Crippen LogP contribution in [0.4, 0.5) is 5.95 Å². The lowest BCUT2D eigenvalue weighted by atomic mass is 10.1. The van der Waals surface area contributed by atoms with Gasteiger partial charge in [0.2, 0.25) is 5.95 Å². The monoisotopic (exact) mass is 263 g/mol. The van der Waals surface area contributed by atoms with Gasteiger partial charge in [-0.25, -0.2) is 14.8 Å². The van der Waals surface area contributed by atoms with Gasteiger partial charge >= 0.3 is 5.97 Å². The zero-order chi connectivity index (χ0) is 13.8. The van der Waals surface area contributed by atoms with E-state index < -0.39 is 0 Å². The highest BCUT2D eigenvalue weighted by Crippen LogP contribution is 2.41. The third-order valence-electron chi connectivity index (χ3n) is 3.31. The molecule has 0 aliphatic heterocycles. The molecule has 1 saturated carbocycles. The molecule has 0 radical (unpaired) electrons. The van der Waals surface area contributed by atoms with Crippen LogP contribution in [0.1, 0.15) is 55.6 Å². The average molecular weight is 263 g/mol. The van der Waals surface area contributed by atoms with E-state index >= 15 is 0 Å². The Labute approximate surface area is 114 Å². The fraction of sp³-hybridized carbons (Fsp3) is 0.643. The molecular weight excluding hydrogens is 242 g/mol. The number of nitrogens with zero attached hydrogens (tertiary/aromatic N) is 3. The van der Waals surface area contributed by atoms with Crippen LogP contribution < -0.4 is 4.90 Å². The van der Waals surface area contributed by atoms with Gasteiger partial charge in [0.1, 0.15) is 0 Å². The SMILES string of the molecule is CCOC(=O)c1cnc(N(CC)CC)nc1C1CC1. The molecular formula is C14H21N3O2. The summed E-state index contributed by atoms with van der Waals surface area (Å²) in [7, 11) is 0. The quantitative estimate of drug-likeness (QED) is 0.737. The molecule has 0 saturated heterocycles. The standard InChI is InChI=1S/C14H21N3O2/c1-4-17(5-2)14-15-9-11(13(18)19-6-3)12(16-14)10-7-8-10/h9-10H,4-8H2,1-3H3. The van der Waals surface area contributed by atoms with Crippen molar-refractivity contribution in [3.8, 4) is 0 Å². The van der Waals surface area contributed by atoms with Crippen LogP contribution in [0.5, 0.6) is 0 Å². The van der Waals surface area contributed by atoms with Crippen LogP contribution in [-0.4, -0.2) is 35.6 Å². The van der Waals surface area contributed by atoms with E-state index in [9.17, 15) is 4.79 Å². The van der Waals surface area contributed by atoms with E-state index in [2.05, 4.69) is 28.7 Å². The average Bonchev–Trinajstić information content (AvgIpc) is 3.24. The predicted molar refractivity (Wildman–Crippen MR) is 73.5 cm³/mol. The molecule has 5 nitrogen and oxygen atoms in total. The van der Waals surface area contributed by atoms with Crippen molar-refractivity contribution in [2.75, 3.05) is 24.6 Å². The van der Waals surface area contributed by atoms with E-state index in [0.717, 1.165) is 31.6 Å². The molecule has 2 rings (SSSR count). The van der Waals surface area contributed by atoms with Gasteiger partial charge in [0.05, 0.1) is 17.9 Å². The summed E-state index contributed by atoms with van der Waals surface area (Å²) < 4.78 is 5.07. The highest BCUT2D eigenvalue weighted by Gasteiger charge is 2.31. The molecule has 1 aromatic heterocycles. The summed E-state index contributed by atoms with van der Waals surface area (Å²) in [6, 6.07) is 0. The first-order valence-corrected chi connectivity index (χ1v) is 7.00. The van der Waals surface area contributed by atoms with Crippen molar-refractivity contribution in [1.29, 1.82) is 0 Å². The van der Waals surface area contributed by atoms with E-state index in [0.29, 0.717) is 24.0 Å². The summed E-state index contributed by atoms with van der Waals surface area (Å²) in [5.74, 6) is 0.798. The smallest absolute Gasteiger partial charge is 0.341 e. The molecule has 0 bridgehead atoms. The summed E-state index contributed by atoms with van der Waals surface area (Å²) in [4.78, 5) is 22.9. The number of aromatic nitrogens is 2. The Kier molecular flexibility index (Phi) is 4.35. The van der Waals surface area contributed by atoms with Crippen LogP contribution in [0.3, 0.4) is 0 Å². The van der Waals surface area contributed by atoms with Crippen LogP contribution in [0.2, 0.25) is 0 Å². The molecule has 0 amide bonds. The molecule has 1 aromatic rings. The maximum Gasteiger partial charge on any atom is 0.341 e. The third-order valence-corrected chi connectivity index (χ3v) is 3.31. The second kappa shape index (κ2) is 5.99. The second-order valence-electron chi connectivity index (χ2n) is 4.64. The third kappa shape index (κ3) is 3.03. The number of esters is 1. The first-order valence-electron chi connectivity index (χ1n) is 7.00. The van der Waals surface area contributed by atoms with E-state index in [-0.39, 0.29) is 5.97 Å². The zero-order valence-electron chi connectivity index (χ0n) is 11.8. The fourth-order valence-electron chi connectivity index (χ4n) is 2.08. The maximum absolute atomic E-state index is 11.9. The van der Waals surface area contributed by atoms with Crippen LogP contribution >= 0.6 is 0 Å². The van der Waals surface area contributed by atoms with Gasteiger partial charge in [-0.1, -0.05) is 0 Å². The van der Waals surface area contributed by atoms with Gasteiger partial charge in [-0.05, 0) is 33.6 Å². The van der Waals surface area contributed by atoms with Crippen LogP contribution in [0.15, 0.2) is 6.20 Å². The number of rotatable bonds is 6. The molecule has 0 N–H and O–H groups in total. The van der Waals surface area contributed by atoms with E-state index in [1.54, 1.807) is 13.1 Å². The minimum Gasteiger partial charge on any atom is -0.462 e. The topological polar surface area (TPSA) is 55.3 Å². The summed E-state index contributed by atoms with van der Waals surface area (Å²) >= 11 is 0. The second-order valence-corrected chi connectivity index (χ2v) is 4.64. The Morgan fingerprint density at radius 2 is 2.05 bits per heavy atom. The molecule has 1 heterocycles. The Bertz CT molecular complexity index is 454. The lowest BCUT2D eigenvalue weighted by Crippen LogP contribution is -2.25. The highest BCUT2D eigenvalue weighted by molar-refractivity contribution is 5.90. The molecule has 19 heavy (non-hydrogen) atoms. The zero-order valence-corrected chi connectivity index (χ0v) is 11.8. The molecule has 1 fully saturated rings. The molecule has 5 heteroatoms. The molecule has 0 unspecified atom stereocenters.